The smallest absolute Gasteiger partial charge is 0.306 e. The summed E-state index contributed by atoms with van der Waals surface area (Å²) in [7, 11) is 0. The van der Waals surface area contributed by atoms with Crippen molar-refractivity contribution >= 4 is 59.1 Å². The van der Waals surface area contributed by atoms with E-state index in [1.165, 1.54) is 6.92 Å². The monoisotopic (exact) mass is 769 g/mol. The SMILES string of the molecule is CC(=O)[C@H](CCC(=O)O)NC(=O)[C@H](CCC(=O)O)CC[C@H](CCC(=O)O)NC(=O)CC[C@H](CC(=O)C1CCC(CNC(=O)CCCC(=O)O)CC1)C(=O)O. The largest absolute Gasteiger partial charge is 0.481 e. The number of hydrogen-bond acceptors (Lipinski definition) is 10. The molecule has 0 unspecified atom stereocenters. The molecule has 3 amide bonds. The Hall–Kier alpha value is -4.90. The van der Waals surface area contributed by atoms with Gasteiger partial charge >= 0.3 is 29.8 Å². The summed E-state index contributed by atoms with van der Waals surface area (Å²) in [4.78, 5) is 119. The summed E-state index contributed by atoms with van der Waals surface area (Å²) >= 11 is 0. The van der Waals surface area contributed by atoms with Crippen molar-refractivity contribution in [1.82, 2.24) is 16.0 Å². The summed E-state index contributed by atoms with van der Waals surface area (Å²) in [5.74, 6) is -10.4. The molecule has 0 aromatic carbocycles. The van der Waals surface area contributed by atoms with E-state index in [-0.39, 0.29) is 101 Å². The Balaban J connectivity index is 2.76. The first-order valence-electron chi connectivity index (χ1n) is 18.4. The molecule has 0 bridgehead atoms. The van der Waals surface area contributed by atoms with Gasteiger partial charge in [0, 0.05) is 69.4 Å². The minimum absolute atomic E-state index is 0.0130. The molecule has 0 heterocycles. The van der Waals surface area contributed by atoms with E-state index in [9.17, 15) is 63.3 Å². The van der Waals surface area contributed by atoms with Gasteiger partial charge in [-0.05, 0) is 83.5 Å². The second-order valence-corrected chi connectivity index (χ2v) is 14.0. The Bertz CT molecular complexity index is 1340. The summed E-state index contributed by atoms with van der Waals surface area (Å²) < 4.78 is 0. The van der Waals surface area contributed by atoms with Gasteiger partial charge in [-0.1, -0.05) is 0 Å². The number of hydrogen-bond donors (Lipinski definition) is 8. The number of amides is 3. The highest BCUT2D eigenvalue weighted by Gasteiger charge is 2.31. The molecule has 1 rings (SSSR count). The maximum atomic E-state index is 13.1. The zero-order valence-electron chi connectivity index (χ0n) is 30.7. The molecular formula is C36H55N3O15. The van der Waals surface area contributed by atoms with Crippen LogP contribution >= 0.6 is 0 Å². The third-order valence-electron chi connectivity index (χ3n) is 9.67. The molecule has 0 saturated heterocycles. The number of carbonyl (C=O) groups excluding carboxylic acids is 5. The summed E-state index contributed by atoms with van der Waals surface area (Å²) in [6.45, 7) is 1.58. The lowest BCUT2D eigenvalue weighted by molar-refractivity contribution is -0.145. The molecule has 1 aliphatic rings. The molecule has 0 spiro atoms. The topological polar surface area (TPSA) is 308 Å². The van der Waals surface area contributed by atoms with E-state index in [2.05, 4.69) is 16.0 Å². The lowest BCUT2D eigenvalue weighted by Crippen LogP contribution is -2.44. The first kappa shape index (κ1) is 47.1. The Kier molecular flexibility index (Phi) is 22.0. The first-order valence-corrected chi connectivity index (χ1v) is 18.4. The maximum Gasteiger partial charge on any atom is 0.306 e. The van der Waals surface area contributed by atoms with E-state index in [1.807, 2.05) is 0 Å². The summed E-state index contributed by atoms with van der Waals surface area (Å²) in [5.41, 5.74) is 0. The lowest BCUT2D eigenvalue weighted by Gasteiger charge is -2.28. The van der Waals surface area contributed by atoms with Gasteiger partial charge in [0.2, 0.25) is 17.7 Å². The first-order chi connectivity index (χ1) is 25.4. The molecule has 304 valence electrons. The molecule has 1 saturated carbocycles. The fraction of sp³-hybridized carbons (Fsp3) is 0.722. The zero-order chi connectivity index (χ0) is 40.8. The number of nitrogens with one attached hydrogen (secondary N) is 3. The summed E-state index contributed by atoms with van der Waals surface area (Å²) in [6.07, 6.45) is 0.304. The normalized spacial score (nSPS) is 17.5. The van der Waals surface area contributed by atoms with E-state index in [4.69, 9.17) is 10.2 Å². The molecule has 18 heteroatoms. The lowest BCUT2D eigenvalue weighted by atomic mass is 9.78. The van der Waals surface area contributed by atoms with Gasteiger partial charge in [0.25, 0.3) is 0 Å². The highest BCUT2D eigenvalue weighted by molar-refractivity contribution is 5.89. The van der Waals surface area contributed by atoms with Gasteiger partial charge in [0.15, 0.2) is 5.78 Å². The second kappa shape index (κ2) is 25.2. The molecule has 4 atom stereocenters. The van der Waals surface area contributed by atoms with Crippen molar-refractivity contribution in [3.8, 4) is 0 Å². The summed E-state index contributed by atoms with van der Waals surface area (Å²) in [5, 5.41) is 53.8. The number of ketones is 2. The van der Waals surface area contributed by atoms with Crippen molar-refractivity contribution in [2.24, 2.45) is 23.7 Å². The van der Waals surface area contributed by atoms with Gasteiger partial charge in [0.05, 0.1) is 12.0 Å². The van der Waals surface area contributed by atoms with Crippen LogP contribution in [0, 0.1) is 23.7 Å². The van der Waals surface area contributed by atoms with Crippen LogP contribution < -0.4 is 16.0 Å². The number of Topliss-reactive ketones (excluding diaryl/α,β-unsaturated/α-hetero) is 2. The highest BCUT2D eigenvalue weighted by Crippen LogP contribution is 2.31. The average Bonchev–Trinajstić information content (AvgIpc) is 3.08. The van der Waals surface area contributed by atoms with E-state index >= 15 is 0 Å². The zero-order valence-corrected chi connectivity index (χ0v) is 30.7. The Morgan fingerprint density at radius 2 is 1.13 bits per heavy atom. The van der Waals surface area contributed by atoms with Crippen molar-refractivity contribution in [3.63, 3.8) is 0 Å². The molecule has 0 aromatic heterocycles. The molecule has 54 heavy (non-hydrogen) atoms. The van der Waals surface area contributed by atoms with Crippen LogP contribution in [0.3, 0.4) is 0 Å². The Labute approximate surface area is 313 Å². The van der Waals surface area contributed by atoms with E-state index < -0.39 is 84.2 Å². The van der Waals surface area contributed by atoms with Gasteiger partial charge in [-0.3, -0.25) is 47.9 Å². The Morgan fingerprint density at radius 1 is 0.574 bits per heavy atom. The minimum Gasteiger partial charge on any atom is -0.481 e. The maximum absolute atomic E-state index is 13.1. The van der Waals surface area contributed by atoms with Crippen LogP contribution in [0.2, 0.25) is 0 Å². The van der Waals surface area contributed by atoms with Crippen molar-refractivity contribution in [3.05, 3.63) is 0 Å². The number of aliphatic carboxylic acids is 5. The van der Waals surface area contributed by atoms with Gasteiger partial charge < -0.3 is 41.5 Å². The van der Waals surface area contributed by atoms with Crippen LogP contribution in [0.4, 0.5) is 0 Å². The molecule has 0 aromatic rings. The van der Waals surface area contributed by atoms with Crippen LogP contribution in [0.15, 0.2) is 0 Å². The molecule has 1 aliphatic carbocycles. The van der Waals surface area contributed by atoms with Crippen LogP contribution in [0.25, 0.3) is 0 Å². The van der Waals surface area contributed by atoms with Crippen molar-refractivity contribution in [2.75, 3.05) is 6.54 Å². The standard InChI is InChI=1S/C36H55N3O15/c1-21(40)27(14-18-34(50)51)39-35(52)24(11-16-32(46)47)9-12-26(13-17-33(48)49)38-30(43)15-10-25(36(53)54)19-28(41)23-7-5-22(6-8-23)20-37-29(42)3-2-4-31(44)45/h22-27H,2-20H2,1H3,(H,37,42)(H,38,43)(H,39,52)(H,44,45)(H,46,47)(H,48,49)(H,50,51)(H,53,54)/t22?,23?,24-,25+,26+,27-/m0/s1. The molecule has 0 aliphatic heterocycles. The summed E-state index contributed by atoms with van der Waals surface area (Å²) in [6, 6.07) is -1.91. The third kappa shape index (κ3) is 21.0. The third-order valence-corrected chi connectivity index (χ3v) is 9.67. The number of carboxylic acid groups (broad SMARTS) is 5. The molecule has 18 nitrogen and oxygen atoms in total. The quantitative estimate of drug-likeness (QED) is 0.0540. The van der Waals surface area contributed by atoms with Crippen LogP contribution in [0.5, 0.6) is 0 Å². The predicted molar refractivity (Wildman–Crippen MR) is 188 cm³/mol. The van der Waals surface area contributed by atoms with Crippen LogP contribution in [-0.2, 0) is 47.9 Å². The van der Waals surface area contributed by atoms with Gasteiger partial charge in [0.1, 0.15) is 5.78 Å². The molecule has 1 fully saturated rings. The van der Waals surface area contributed by atoms with Gasteiger partial charge in [-0.25, -0.2) is 0 Å². The number of carboxylic acids is 5. The van der Waals surface area contributed by atoms with Gasteiger partial charge in [-0.2, -0.15) is 0 Å². The van der Waals surface area contributed by atoms with Crippen molar-refractivity contribution in [1.29, 1.82) is 0 Å². The van der Waals surface area contributed by atoms with Crippen LogP contribution in [-0.4, -0.2) is 103 Å². The number of rotatable bonds is 29. The predicted octanol–water partition coefficient (Wildman–Crippen LogP) is 2.15. The van der Waals surface area contributed by atoms with Crippen LogP contribution in [0.1, 0.15) is 122 Å². The van der Waals surface area contributed by atoms with Crippen molar-refractivity contribution < 1.29 is 73.5 Å². The van der Waals surface area contributed by atoms with E-state index in [1.54, 1.807) is 0 Å². The molecule has 8 N–H and O–H groups in total. The number of carbonyl (C=O) groups is 10. The molecule has 0 radical (unpaired) electrons. The van der Waals surface area contributed by atoms with Crippen molar-refractivity contribution in [2.45, 2.75) is 135 Å². The van der Waals surface area contributed by atoms with E-state index in [0.29, 0.717) is 32.2 Å². The fourth-order valence-corrected chi connectivity index (χ4v) is 6.39. The molecular weight excluding hydrogens is 714 g/mol. The Morgan fingerprint density at radius 3 is 1.69 bits per heavy atom. The highest BCUT2D eigenvalue weighted by atomic mass is 16.4. The van der Waals surface area contributed by atoms with Gasteiger partial charge in [-0.15, -0.1) is 0 Å². The van der Waals surface area contributed by atoms with E-state index in [0.717, 1.165) is 0 Å². The average molecular weight is 770 g/mol. The second-order valence-electron chi connectivity index (χ2n) is 14.0. The minimum atomic E-state index is -1.25. The fourth-order valence-electron chi connectivity index (χ4n) is 6.39.